The molecule has 0 spiro atoms. The summed E-state index contributed by atoms with van der Waals surface area (Å²) in [6, 6.07) is 0. The lowest BCUT2D eigenvalue weighted by molar-refractivity contribution is 0.417. The first kappa shape index (κ1) is 15.3. The van der Waals surface area contributed by atoms with Crippen LogP contribution in [0.2, 0.25) is 0 Å². The van der Waals surface area contributed by atoms with Gasteiger partial charge in [0.25, 0.3) is 0 Å². The molecule has 1 saturated heterocycles. The Morgan fingerprint density at radius 2 is 2.19 bits per heavy atom. The van der Waals surface area contributed by atoms with E-state index in [1.165, 1.54) is 48.4 Å². The number of thioether (sulfide) groups is 1. The van der Waals surface area contributed by atoms with Gasteiger partial charge in [-0.3, -0.25) is 0 Å². The van der Waals surface area contributed by atoms with Crippen molar-refractivity contribution in [1.29, 1.82) is 0 Å². The minimum Gasteiger partial charge on any atom is -0.316 e. The summed E-state index contributed by atoms with van der Waals surface area (Å²) in [7, 11) is 0. The van der Waals surface area contributed by atoms with Crippen molar-refractivity contribution in [3.05, 3.63) is 22.8 Å². The summed E-state index contributed by atoms with van der Waals surface area (Å²) < 4.78 is 0. The maximum absolute atomic E-state index is 4.93. The van der Waals surface area contributed by atoms with Gasteiger partial charge in [-0.25, -0.2) is 9.97 Å². The van der Waals surface area contributed by atoms with E-state index in [1.54, 1.807) is 0 Å². The zero-order valence-corrected chi connectivity index (χ0v) is 14.1. The molecule has 0 aromatic carbocycles. The van der Waals surface area contributed by atoms with Crippen LogP contribution in [0, 0.1) is 12.8 Å². The SMILES string of the molecule is CCCNCC1CCc2nc(C3CCCS3)nc(C)c2C1. The number of aromatic nitrogens is 2. The fourth-order valence-electron chi connectivity index (χ4n) is 3.47. The Balaban J connectivity index is 1.71. The molecule has 0 radical (unpaired) electrons. The largest absolute Gasteiger partial charge is 0.316 e. The van der Waals surface area contributed by atoms with Gasteiger partial charge in [0, 0.05) is 11.4 Å². The first-order chi connectivity index (χ1) is 10.3. The van der Waals surface area contributed by atoms with Crippen LogP contribution in [-0.2, 0) is 12.8 Å². The quantitative estimate of drug-likeness (QED) is 0.846. The molecule has 2 atom stereocenters. The van der Waals surface area contributed by atoms with E-state index in [9.17, 15) is 0 Å². The van der Waals surface area contributed by atoms with Gasteiger partial charge in [0.2, 0.25) is 0 Å². The maximum atomic E-state index is 4.93. The molecule has 2 aliphatic rings. The zero-order valence-electron chi connectivity index (χ0n) is 13.3. The smallest absolute Gasteiger partial charge is 0.141 e. The van der Waals surface area contributed by atoms with E-state index in [0.29, 0.717) is 5.25 Å². The summed E-state index contributed by atoms with van der Waals surface area (Å²) in [5, 5.41) is 4.12. The summed E-state index contributed by atoms with van der Waals surface area (Å²) in [6.45, 7) is 6.69. The lowest BCUT2D eigenvalue weighted by atomic mass is 9.85. The highest BCUT2D eigenvalue weighted by molar-refractivity contribution is 7.99. The fourth-order valence-corrected chi connectivity index (χ4v) is 4.67. The van der Waals surface area contributed by atoms with Gasteiger partial charge in [0.1, 0.15) is 5.82 Å². The molecule has 0 bridgehead atoms. The molecule has 0 saturated carbocycles. The molecule has 1 aromatic heterocycles. The monoisotopic (exact) mass is 305 g/mol. The number of hydrogen-bond acceptors (Lipinski definition) is 4. The van der Waals surface area contributed by atoms with E-state index in [0.717, 1.165) is 37.7 Å². The Bertz CT molecular complexity index is 483. The van der Waals surface area contributed by atoms with Gasteiger partial charge in [0.15, 0.2) is 0 Å². The van der Waals surface area contributed by atoms with Crippen LogP contribution in [0.1, 0.15) is 60.6 Å². The van der Waals surface area contributed by atoms with Crippen molar-refractivity contribution in [2.24, 2.45) is 5.92 Å². The highest BCUT2D eigenvalue weighted by atomic mass is 32.2. The summed E-state index contributed by atoms with van der Waals surface area (Å²) in [4.78, 5) is 9.78. The van der Waals surface area contributed by atoms with Crippen molar-refractivity contribution < 1.29 is 0 Å². The molecule has 3 nitrogen and oxygen atoms in total. The number of fused-ring (bicyclic) bond motifs is 1. The van der Waals surface area contributed by atoms with E-state index in [1.807, 2.05) is 11.8 Å². The average Bonchev–Trinajstić information content (AvgIpc) is 3.02. The minimum absolute atomic E-state index is 0.554. The maximum Gasteiger partial charge on any atom is 0.141 e. The topological polar surface area (TPSA) is 37.8 Å². The normalized spacial score (nSPS) is 25.0. The molecule has 2 heterocycles. The van der Waals surface area contributed by atoms with Crippen LogP contribution >= 0.6 is 11.8 Å². The predicted octanol–water partition coefficient (Wildman–Crippen LogP) is 3.46. The van der Waals surface area contributed by atoms with Crippen molar-refractivity contribution >= 4 is 11.8 Å². The van der Waals surface area contributed by atoms with E-state index >= 15 is 0 Å². The van der Waals surface area contributed by atoms with Gasteiger partial charge in [0.05, 0.1) is 5.25 Å². The van der Waals surface area contributed by atoms with Gasteiger partial charge in [-0.1, -0.05) is 6.92 Å². The second kappa shape index (κ2) is 7.10. The minimum atomic E-state index is 0.554. The van der Waals surface area contributed by atoms with Crippen LogP contribution in [0.3, 0.4) is 0 Å². The molecular weight excluding hydrogens is 278 g/mol. The highest BCUT2D eigenvalue weighted by Gasteiger charge is 2.26. The number of nitrogens with one attached hydrogen (secondary N) is 1. The Morgan fingerprint density at radius 1 is 1.29 bits per heavy atom. The van der Waals surface area contributed by atoms with Gasteiger partial charge < -0.3 is 5.32 Å². The number of nitrogens with zero attached hydrogens (tertiary/aromatic N) is 2. The van der Waals surface area contributed by atoms with Gasteiger partial charge in [-0.2, -0.15) is 11.8 Å². The van der Waals surface area contributed by atoms with E-state index in [-0.39, 0.29) is 0 Å². The molecule has 1 N–H and O–H groups in total. The van der Waals surface area contributed by atoms with Crippen molar-refractivity contribution in [2.75, 3.05) is 18.8 Å². The fraction of sp³-hybridized carbons (Fsp3) is 0.765. The molecule has 1 aromatic rings. The molecular formula is C17H27N3S. The molecule has 21 heavy (non-hydrogen) atoms. The highest BCUT2D eigenvalue weighted by Crippen LogP contribution is 2.39. The summed E-state index contributed by atoms with van der Waals surface area (Å²) in [5.41, 5.74) is 4.02. The molecule has 0 amide bonds. The molecule has 2 unspecified atom stereocenters. The van der Waals surface area contributed by atoms with E-state index < -0.39 is 0 Å². The lowest BCUT2D eigenvalue weighted by Gasteiger charge is -2.26. The molecule has 1 fully saturated rings. The van der Waals surface area contributed by atoms with Crippen molar-refractivity contribution in [3.63, 3.8) is 0 Å². The van der Waals surface area contributed by atoms with Crippen LogP contribution in [0.25, 0.3) is 0 Å². The van der Waals surface area contributed by atoms with Gasteiger partial charge >= 0.3 is 0 Å². The third-order valence-electron chi connectivity index (χ3n) is 4.68. The molecule has 1 aliphatic carbocycles. The van der Waals surface area contributed by atoms with Crippen LogP contribution in [0.15, 0.2) is 0 Å². The van der Waals surface area contributed by atoms with Crippen molar-refractivity contribution in [2.45, 2.75) is 57.6 Å². The standard InChI is InChI=1S/C17H27N3S/c1-3-8-18-11-13-6-7-15-14(10-13)12(2)19-17(20-15)16-5-4-9-21-16/h13,16,18H,3-11H2,1-2H3. The van der Waals surface area contributed by atoms with Crippen molar-refractivity contribution in [3.8, 4) is 0 Å². The van der Waals surface area contributed by atoms with Gasteiger partial charge in [-0.05, 0) is 75.8 Å². The molecule has 3 rings (SSSR count). The third-order valence-corrected chi connectivity index (χ3v) is 6.05. The predicted molar refractivity (Wildman–Crippen MR) is 89.9 cm³/mol. The van der Waals surface area contributed by atoms with Crippen molar-refractivity contribution in [1.82, 2.24) is 15.3 Å². The Kier molecular flexibility index (Phi) is 5.17. The number of hydrogen-bond donors (Lipinski definition) is 1. The Labute approximate surface area is 132 Å². The zero-order chi connectivity index (χ0) is 14.7. The molecule has 116 valence electrons. The number of rotatable bonds is 5. The summed E-state index contributed by atoms with van der Waals surface area (Å²) in [5.74, 6) is 3.14. The molecule has 4 heteroatoms. The Morgan fingerprint density at radius 3 is 2.95 bits per heavy atom. The first-order valence-electron chi connectivity index (χ1n) is 8.46. The first-order valence-corrected chi connectivity index (χ1v) is 9.51. The van der Waals surface area contributed by atoms with Gasteiger partial charge in [-0.15, -0.1) is 0 Å². The second-order valence-electron chi connectivity index (χ2n) is 6.41. The molecule has 1 aliphatic heterocycles. The Hall–Kier alpha value is -0.610. The summed E-state index contributed by atoms with van der Waals surface area (Å²) in [6.07, 6.45) is 7.37. The van der Waals surface area contributed by atoms with Crippen LogP contribution in [0.4, 0.5) is 0 Å². The van der Waals surface area contributed by atoms with Crippen LogP contribution in [-0.4, -0.2) is 28.8 Å². The van der Waals surface area contributed by atoms with E-state index in [2.05, 4.69) is 19.2 Å². The lowest BCUT2D eigenvalue weighted by Crippen LogP contribution is -2.29. The number of aryl methyl sites for hydroxylation is 2. The third kappa shape index (κ3) is 3.59. The summed E-state index contributed by atoms with van der Waals surface area (Å²) >= 11 is 2.03. The second-order valence-corrected chi connectivity index (χ2v) is 7.72. The van der Waals surface area contributed by atoms with Crippen LogP contribution < -0.4 is 5.32 Å². The van der Waals surface area contributed by atoms with E-state index in [4.69, 9.17) is 9.97 Å². The average molecular weight is 305 g/mol. The van der Waals surface area contributed by atoms with Crippen LogP contribution in [0.5, 0.6) is 0 Å².